The van der Waals surface area contributed by atoms with Gasteiger partial charge < -0.3 is 10.5 Å². The van der Waals surface area contributed by atoms with Gasteiger partial charge in [0.25, 0.3) is 0 Å². The average molecular weight is 236 g/mol. The van der Waals surface area contributed by atoms with Crippen LogP contribution in [0, 0.1) is 0 Å². The quantitative estimate of drug-likeness (QED) is 0.788. The van der Waals surface area contributed by atoms with E-state index in [-0.39, 0.29) is 18.0 Å². The van der Waals surface area contributed by atoms with E-state index in [0.717, 1.165) is 11.3 Å². The molecule has 4 nitrogen and oxygen atoms in total. The molecule has 0 aliphatic carbocycles. The predicted molar refractivity (Wildman–Crippen MR) is 67.8 cm³/mol. The van der Waals surface area contributed by atoms with Crippen LogP contribution < -0.4 is 15.8 Å². The number of hydrogen-bond donors (Lipinski definition) is 2. The fraction of sp³-hybridized carbons (Fsp3) is 0.462. The maximum Gasteiger partial charge on any atom is 0.234 e. The van der Waals surface area contributed by atoms with Crippen LogP contribution in [0.5, 0.6) is 5.75 Å². The number of nitrogens with one attached hydrogen (secondary N) is 1. The molecule has 0 aliphatic heterocycles. The molecule has 0 bridgehead atoms. The van der Waals surface area contributed by atoms with Crippen molar-refractivity contribution < 1.29 is 9.53 Å². The van der Waals surface area contributed by atoms with Gasteiger partial charge >= 0.3 is 0 Å². The molecule has 0 fully saturated rings. The summed E-state index contributed by atoms with van der Waals surface area (Å²) in [4.78, 5) is 11.2. The van der Waals surface area contributed by atoms with E-state index < -0.39 is 0 Å². The molecular weight excluding hydrogens is 216 g/mol. The normalized spacial score (nSPS) is 14.1. The molecular formula is C13H20N2O2. The minimum Gasteiger partial charge on any atom is -0.497 e. The number of benzene rings is 1. The molecule has 0 saturated heterocycles. The van der Waals surface area contributed by atoms with Gasteiger partial charge in [0.1, 0.15) is 5.75 Å². The van der Waals surface area contributed by atoms with Gasteiger partial charge in [-0.2, -0.15) is 0 Å². The third-order valence-corrected chi connectivity index (χ3v) is 2.80. The van der Waals surface area contributed by atoms with Crippen LogP contribution in [0.15, 0.2) is 24.3 Å². The van der Waals surface area contributed by atoms with Crippen molar-refractivity contribution in [3.63, 3.8) is 0 Å². The topological polar surface area (TPSA) is 64.3 Å². The highest BCUT2D eigenvalue weighted by Gasteiger charge is 2.16. The van der Waals surface area contributed by atoms with Gasteiger partial charge in [-0.15, -0.1) is 0 Å². The van der Waals surface area contributed by atoms with E-state index in [1.54, 1.807) is 7.11 Å². The molecule has 1 aromatic carbocycles. The van der Waals surface area contributed by atoms with Gasteiger partial charge in [0, 0.05) is 6.04 Å². The van der Waals surface area contributed by atoms with E-state index in [1.165, 1.54) is 0 Å². The molecule has 1 rings (SSSR count). The lowest BCUT2D eigenvalue weighted by molar-refractivity contribution is -0.120. The van der Waals surface area contributed by atoms with E-state index in [0.29, 0.717) is 6.42 Å². The van der Waals surface area contributed by atoms with Crippen molar-refractivity contribution in [3.8, 4) is 5.75 Å². The van der Waals surface area contributed by atoms with Crippen molar-refractivity contribution >= 4 is 5.91 Å². The number of amides is 1. The Morgan fingerprint density at radius 3 is 2.76 bits per heavy atom. The van der Waals surface area contributed by atoms with E-state index in [1.807, 2.05) is 38.1 Å². The van der Waals surface area contributed by atoms with Crippen molar-refractivity contribution in [1.29, 1.82) is 0 Å². The zero-order valence-corrected chi connectivity index (χ0v) is 10.6. The number of ether oxygens (including phenoxy) is 1. The molecule has 1 amide bonds. The molecule has 1 aromatic rings. The van der Waals surface area contributed by atoms with Crippen molar-refractivity contribution in [1.82, 2.24) is 5.32 Å². The van der Waals surface area contributed by atoms with Gasteiger partial charge in [0.05, 0.1) is 13.2 Å². The summed E-state index contributed by atoms with van der Waals surface area (Å²) in [6, 6.07) is 7.53. The Morgan fingerprint density at radius 1 is 1.53 bits per heavy atom. The summed E-state index contributed by atoms with van der Waals surface area (Å²) in [5.41, 5.74) is 6.38. The van der Waals surface area contributed by atoms with Crippen LogP contribution in [0.25, 0.3) is 0 Å². The molecule has 0 spiro atoms. The van der Waals surface area contributed by atoms with Gasteiger partial charge in [-0.05, 0) is 31.0 Å². The highest BCUT2D eigenvalue weighted by Crippen LogP contribution is 2.19. The van der Waals surface area contributed by atoms with Crippen LogP contribution in [0.1, 0.15) is 31.9 Å². The molecule has 0 aliphatic rings. The van der Waals surface area contributed by atoms with Gasteiger partial charge in [0.15, 0.2) is 0 Å². The number of methoxy groups -OCH3 is 1. The third-order valence-electron chi connectivity index (χ3n) is 2.80. The lowest BCUT2D eigenvalue weighted by Gasteiger charge is -2.20. The summed E-state index contributed by atoms with van der Waals surface area (Å²) in [7, 11) is 1.63. The van der Waals surface area contributed by atoms with E-state index in [2.05, 4.69) is 5.32 Å². The molecule has 0 saturated carbocycles. The molecule has 94 valence electrons. The smallest absolute Gasteiger partial charge is 0.234 e. The first-order valence-corrected chi connectivity index (χ1v) is 5.77. The zero-order chi connectivity index (χ0) is 12.8. The van der Waals surface area contributed by atoms with Crippen LogP contribution in [-0.4, -0.2) is 19.1 Å². The van der Waals surface area contributed by atoms with Crippen molar-refractivity contribution in [2.24, 2.45) is 5.73 Å². The fourth-order valence-corrected chi connectivity index (χ4v) is 1.71. The Hall–Kier alpha value is -1.55. The summed E-state index contributed by atoms with van der Waals surface area (Å²) >= 11 is 0. The standard InChI is InChI=1S/C13H20N2O2/c1-4-12(13(14)16)15-9(2)10-6-5-7-11(8-10)17-3/h5-9,12,15H,4H2,1-3H3,(H2,14,16)/t9-,12?/m1/s1. The fourth-order valence-electron chi connectivity index (χ4n) is 1.71. The third kappa shape index (κ3) is 3.75. The van der Waals surface area contributed by atoms with Crippen molar-refractivity contribution in [3.05, 3.63) is 29.8 Å². The first kappa shape index (κ1) is 13.5. The second-order valence-corrected chi connectivity index (χ2v) is 4.03. The molecule has 3 N–H and O–H groups in total. The van der Waals surface area contributed by atoms with E-state index in [4.69, 9.17) is 10.5 Å². The molecule has 0 heterocycles. The minimum absolute atomic E-state index is 0.0579. The van der Waals surface area contributed by atoms with Crippen molar-refractivity contribution in [2.75, 3.05) is 7.11 Å². The van der Waals surface area contributed by atoms with Gasteiger partial charge in [-0.1, -0.05) is 19.1 Å². The Labute approximate surface area is 102 Å². The highest BCUT2D eigenvalue weighted by atomic mass is 16.5. The zero-order valence-electron chi connectivity index (χ0n) is 10.6. The van der Waals surface area contributed by atoms with Gasteiger partial charge in [-0.3, -0.25) is 10.1 Å². The van der Waals surface area contributed by atoms with E-state index >= 15 is 0 Å². The largest absolute Gasteiger partial charge is 0.497 e. The first-order chi connectivity index (χ1) is 8.08. The maximum atomic E-state index is 11.2. The summed E-state index contributed by atoms with van der Waals surface area (Å²) in [6.07, 6.45) is 0.684. The molecule has 0 radical (unpaired) electrons. The van der Waals surface area contributed by atoms with Gasteiger partial charge in [0.2, 0.25) is 5.91 Å². The molecule has 17 heavy (non-hydrogen) atoms. The van der Waals surface area contributed by atoms with Crippen LogP contribution in [0.3, 0.4) is 0 Å². The average Bonchev–Trinajstić information content (AvgIpc) is 2.35. The molecule has 1 unspecified atom stereocenters. The Morgan fingerprint density at radius 2 is 2.24 bits per heavy atom. The number of carbonyl (C=O) groups is 1. The van der Waals surface area contributed by atoms with Crippen LogP contribution in [0.4, 0.5) is 0 Å². The number of rotatable bonds is 6. The van der Waals surface area contributed by atoms with Crippen LogP contribution in [0.2, 0.25) is 0 Å². The Balaban J connectivity index is 2.74. The Bertz CT molecular complexity index is 379. The predicted octanol–water partition coefficient (Wildman–Crippen LogP) is 1.61. The molecule has 0 aromatic heterocycles. The summed E-state index contributed by atoms with van der Waals surface area (Å²) in [5, 5.41) is 3.20. The first-order valence-electron chi connectivity index (χ1n) is 5.77. The monoisotopic (exact) mass is 236 g/mol. The Kier molecular flexibility index (Phi) is 4.97. The second-order valence-electron chi connectivity index (χ2n) is 4.03. The highest BCUT2D eigenvalue weighted by molar-refractivity contribution is 5.79. The summed E-state index contributed by atoms with van der Waals surface area (Å²) in [6.45, 7) is 3.93. The number of nitrogens with two attached hydrogens (primary N) is 1. The number of primary amides is 1. The molecule has 4 heteroatoms. The van der Waals surface area contributed by atoms with Crippen LogP contribution >= 0.6 is 0 Å². The van der Waals surface area contributed by atoms with Crippen molar-refractivity contribution in [2.45, 2.75) is 32.4 Å². The SMILES string of the molecule is CCC(N[C@H](C)c1cccc(OC)c1)C(N)=O. The summed E-state index contributed by atoms with van der Waals surface area (Å²) < 4.78 is 5.16. The minimum atomic E-state index is -0.317. The van der Waals surface area contributed by atoms with E-state index in [9.17, 15) is 4.79 Å². The summed E-state index contributed by atoms with van der Waals surface area (Å²) in [5.74, 6) is 0.491. The second kappa shape index (κ2) is 6.25. The number of hydrogen-bond acceptors (Lipinski definition) is 3. The molecule has 2 atom stereocenters. The maximum absolute atomic E-state index is 11.2. The number of carbonyl (C=O) groups excluding carboxylic acids is 1. The van der Waals surface area contributed by atoms with Crippen LogP contribution in [-0.2, 0) is 4.79 Å². The lowest BCUT2D eigenvalue weighted by atomic mass is 10.1. The van der Waals surface area contributed by atoms with Gasteiger partial charge in [-0.25, -0.2) is 0 Å². The lowest BCUT2D eigenvalue weighted by Crippen LogP contribution is -2.41.